The Labute approximate surface area is 101 Å². The molecular weight excluding hydrogens is 220 g/mol. The largest absolute Gasteiger partial charge is 0.339 e. The molecule has 0 bridgehead atoms. The molecule has 0 aliphatic heterocycles. The summed E-state index contributed by atoms with van der Waals surface area (Å²) in [5.41, 5.74) is 1.87. The molecule has 0 spiro atoms. The second-order valence-corrected chi connectivity index (χ2v) is 4.96. The van der Waals surface area contributed by atoms with Gasteiger partial charge in [0.2, 0.25) is 5.91 Å². The van der Waals surface area contributed by atoms with Gasteiger partial charge in [-0.3, -0.25) is 4.79 Å². The number of hydrogen-bond donors (Lipinski definition) is 0. The first kappa shape index (κ1) is 12.9. The van der Waals surface area contributed by atoms with E-state index in [9.17, 15) is 4.79 Å². The average Bonchev–Trinajstić information content (AvgIpc) is 2.60. The zero-order chi connectivity index (χ0) is 12.1. The molecule has 0 radical (unpaired) electrons. The standard InChI is InChI=1S/C12H18N2OS/c1-5-14(7-9(2)3)12(15)6-11-8-16-10(4)13-11/h8H,2,5-7H2,1,3-4H3. The predicted octanol–water partition coefficient (Wildman–Crippen LogP) is 2.42. The van der Waals surface area contributed by atoms with Crippen LogP contribution in [0.15, 0.2) is 17.5 Å². The van der Waals surface area contributed by atoms with Gasteiger partial charge in [-0.2, -0.15) is 0 Å². The molecule has 4 heteroatoms. The van der Waals surface area contributed by atoms with Crippen molar-refractivity contribution in [2.24, 2.45) is 0 Å². The fourth-order valence-corrected chi connectivity index (χ4v) is 2.07. The van der Waals surface area contributed by atoms with Gasteiger partial charge in [-0.1, -0.05) is 12.2 Å². The molecule has 1 aromatic heterocycles. The third-order valence-electron chi connectivity index (χ3n) is 2.19. The number of carbonyl (C=O) groups is 1. The molecule has 3 nitrogen and oxygen atoms in total. The van der Waals surface area contributed by atoms with Gasteiger partial charge >= 0.3 is 0 Å². The highest BCUT2D eigenvalue weighted by atomic mass is 32.1. The summed E-state index contributed by atoms with van der Waals surface area (Å²) in [7, 11) is 0. The van der Waals surface area contributed by atoms with E-state index in [1.807, 2.05) is 26.2 Å². The zero-order valence-corrected chi connectivity index (χ0v) is 10.9. The molecule has 1 rings (SSSR count). The fourth-order valence-electron chi connectivity index (χ4n) is 1.46. The Morgan fingerprint density at radius 3 is 2.75 bits per heavy atom. The molecule has 1 heterocycles. The van der Waals surface area contributed by atoms with Crippen LogP contribution in [0.4, 0.5) is 0 Å². The SMILES string of the molecule is C=C(C)CN(CC)C(=O)Cc1csc(C)n1. The molecule has 0 saturated heterocycles. The molecule has 0 aromatic carbocycles. The molecule has 0 atom stereocenters. The Kier molecular flexibility index (Phi) is 4.68. The summed E-state index contributed by atoms with van der Waals surface area (Å²) in [6.07, 6.45) is 0.394. The van der Waals surface area contributed by atoms with Crippen LogP contribution in [0.2, 0.25) is 0 Å². The molecule has 0 fully saturated rings. The smallest absolute Gasteiger partial charge is 0.228 e. The fraction of sp³-hybridized carbons (Fsp3) is 0.500. The lowest BCUT2D eigenvalue weighted by Crippen LogP contribution is -2.33. The van der Waals surface area contributed by atoms with Crippen LogP contribution >= 0.6 is 11.3 Å². The molecule has 1 amide bonds. The molecule has 0 aliphatic rings. The quantitative estimate of drug-likeness (QED) is 0.738. The van der Waals surface area contributed by atoms with Crippen LogP contribution in [-0.2, 0) is 11.2 Å². The summed E-state index contributed by atoms with van der Waals surface area (Å²) in [6, 6.07) is 0. The van der Waals surface area contributed by atoms with Gasteiger partial charge in [0.15, 0.2) is 0 Å². The normalized spacial score (nSPS) is 10.2. The van der Waals surface area contributed by atoms with Crippen molar-refractivity contribution in [2.45, 2.75) is 27.2 Å². The van der Waals surface area contributed by atoms with Crippen LogP contribution in [0.3, 0.4) is 0 Å². The molecule has 0 unspecified atom stereocenters. The van der Waals surface area contributed by atoms with Gasteiger partial charge < -0.3 is 4.90 Å². The first-order chi connectivity index (χ1) is 7.52. The lowest BCUT2D eigenvalue weighted by Gasteiger charge is -2.20. The predicted molar refractivity (Wildman–Crippen MR) is 67.6 cm³/mol. The number of thiazole rings is 1. The van der Waals surface area contributed by atoms with Crippen LogP contribution in [0, 0.1) is 6.92 Å². The maximum absolute atomic E-state index is 11.9. The Balaban J connectivity index is 2.59. The van der Waals surface area contributed by atoms with Crippen LogP contribution in [0.5, 0.6) is 0 Å². The van der Waals surface area contributed by atoms with Gasteiger partial charge in [-0.25, -0.2) is 4.98 Å². The number of aromatic nitrogens is 1. The summed E-state index contributed by atoms with van der Waals surface area (Å²) in [4.78, 5) is 18.0. The molecule has 1 aromatic rings. The number of amides is 1. The van der Waals surface area contributed by atoms with Crippen molar-refractivity contribution in [3.05, 3.63) is 28.2 Å². The Bertz CT molecular complexity index is 384. The van der Waals surface area contributed by atoms with Crippen LogP contribution < -0.4 is 0 Å². The summed E-state index contributed by atoms with van der Waals surface area (Å²) in [5, 5.41) is 2.95. The van der Waals surface area contributed by atoms with Gasteiger partial charge in [-0.15, -0.1) is 11.3 Å². The number of hydrogen-bond acceptors (Lipinski definition) is 3. The maximum Gasteiger partial charge on any atom is 0.228 e. The zero-order valence-electron chi connectivity index (χ0n) is 10.1. The maximum atomic E-state index is 11.9. The van der Waals surface area contributed by atoms with E-state index < -0.39 is 0 Å². The molecule has 0 saturated carbocycles. The second-order valence-electron chi connectivity index (χ2n) is 3.90. The highest BCUT2D eigenvalue weighted by Crippen LogP contribution is 2.10. The van der Waals surface area contributed by atoms with E-state index in [1.165, 1.54) is 0 Å². The average molecular weight is 238 g/mol. The van der Waals surface area contributed by atoms with E-state index >= 15 is 0 Å². The Morgan fingerprint density at radius 1 is 1.62 bits per heavy atom. The number of aryl methyl sites for hydroxylation is 1. The Hall–Kier alpha value is -1.16. The summed E-state index contributed by atoms with van der Waals surface area (Å²) in [5.74, 6) is 0.121. The van der Waals surface area contributed by atoms with Crippen molar-refractivity contribution in [2.75, 3.05) is 13.1 Å². The van der Waals surface area contributed by atoms with Crippen molar-refractivity contribution < 1.29 is 4.79 Å². The summed E-state index contributed by atoms with van der Waals surface area (Å²) < 4.78 is 0. The van der Waals surface area contributed by atoms with Crippen LogP contribution in [0.1, 0.15) is 24.5 Å². The van der Waals surface area contributed by atoms with Gasteiger partial charge in [0, 0.05) is 18.5 Å². The minimum atomic E-state index is 0.121. The topological polar surface area (TPSA) is 33.2 Å². The highest BCUT2D eigenvalue weighted by molar-refractivity contribution is 7.09. The lowest BCUT2D eigenvalue weighted by molar-refractivity contribution is -0.129. The number of carbonyl (C=O) groups excluding carboxylic acids is 1. The number of rotatable bonds is 5. The van der Waals surface area contributed by atoms with Crippen LogP contribution in [0.25, 0.3) is 0 Å². The van der Waals surface area contributed by atoms with E-state index in [1.54, 1.807) is 16.2 Å². The third kappa shape index (κ3) is 3.77. The van der Waals surface area contributed by atoms with Gasteiger partial charge in [0.05, 0.1) is 17.1 Å². The molecule has 0 aliphatic carbocycles. The van der Waals surface area contributed by atoms with Crippen molar-refractivity contribution in [3.8, 4) is 0 Å². The minimum absolute atomic E-state index is 0.121. The van der Waals surface area contributed by atoms with Crippen LogP contribution in [-0.4, -0.2) is 28.9 Å². The van der Waals surface area contributed by atoms with E-state index in [0.29, 0.717) is 13.0 Å². The summed E-state index contributed by atoms with van der Waals surface area (Å²) in [6.45, 7) is 11.0. The molecule has 88 valence electrons. The Morgan fingerprint density at radius 2 is 2.31 bits per heavy atom. The van der Waals surface area contributed by atoms with Crippen molar-refractivity contribution in [3.63, 3.8) is 0 Å². The number of likely N-dealkylation sites (N-methyl/N-ethyl adjacent to an activating group) is 1. The molecule has 16 heavy (non-hydrogen) atoms. The van der Waals surface area contributed by atoms with Gasteiger partial charge in [0.25, 0.3) is 0 Å². The van der Waals surface area contributed by atoms with E-state index in [4.69, 9.17) is 0 Å². The summed E-state index contributed by atoms with van der Waals surface area (Å²) >= 11 is 1.58. The van der Waals surface area contributed by atoms with E-state index in [-0.39, 0.29) is 5.91 Å². The van der Waals surface area contributed by atoms with E-state index in [0.717, 1.165) is 22.8 Å². The molecule has 0 N–H and O–H groups in total. The van der Waals surface area contributed by atoms with Gasteiger partial charge in [-0.05, 0) is 20.8 Å². The number of nitrogens with zero attached hydrogens (tertiary/aromatic N) is 2. The lowest BCUT2D eigenvalue weighted by atomic mass is 10.2. The first-order valence-corrected chi connectivity index (χ1v) is 6.24. The van der Waals surface area contributed by atoms with Gasteiger partial charge in [0.1, 0.15) is 0 Å². The van der Waals surface area contributed by atoms with Crippen molar-refractivity contribution >= 4 is 17.2 Å². The third-order valence-corrected chi connectivity index (χ3v) is 3.02. The first-order valence-electron chi connectivity index (χ1n) is 5.36. The van der Waals surface area contributed by atoms with Crippen molar-refractivity contribution in [1.29, 1.82) is 0 Å². The second kappa shape index (κ2) is 5.80. The minimum Gasteiger partial charge on any atom is -0.339 e. The van der Waals surface area contributed by atoms with E-state index in [2.05, 4.69) is 11.6 Å². The molecular formula is C12H18N2OS. The highest BCUT2D eigenvalue weighted by Gasteiger charge is 2.13. The monoisotopic (exact) mass is 238 g/mol. The van der Waals surface area contributed by atoms with Crippen molar-refractivity contribution in [1.82, 2.24) is 9.88 Å².